The van der Waals surface area contributed by atoms with Crippen LogP contribution in [0.5, 0.6) is 0 Å². The topological polar surface area (TPSA) is 68.3 Å². The third kappa shape index (κ3) is 5.99. The molecule has 0 saturated heterocycles. The summed E-state index contributed by atoms with van der Waals surface area (Å²) in [5, 5.41) is 5.57. The van der Waals surface area contributed by atoms with E-state index in [2.05, 4.69) is 10.3 Å². The molecule has 150 valence electrons. The van der Waals surface area contributed by atoms with Gasteiger partial charge in [0.2, 0.25) is 5.91 Å². The van der Waals surface area contributed by atoms with Gasteiger partial charge in [0, 0.05) is 10.9 Å². The van der Waals surface area contributed by atoms with Crippen LogP contribution >= 0.6 is 11.3 Å². The molecule has 0 bridgehead atoms. The van der Waals surface area contributed by atoms with Crippen molar-refractivity contribution >= 4 is 23.2 Å². The SMILES string of the molecule is CC(C)C(NC(=O)Cc1ccccc1)C(=O)OCc1csc(-c2ccccc2)n1. The van der Waals surface area contributed by atoms with E-state index < -0.39 is 12.0 Å². The van der Waals surface area contributed by atoms with Crippen molar-refractivity contribution in [3.63, 3.8) is 0 Å². The average Bonchev–Trinajstić information content (AvgIpc) is 3.20. The Morgan fingerprint density at radius 3 is 2.34 bits per heavy atom. The number of ether oxygens (including phenoxy) is 1. The van der Waals surface area contributed by atoms with E-state index >= 15 is 0 Å². The Bertz CT molecular complexity index is 939. The monoisotopic (exact) mass is 408 g/mol. The lowest BCUT2D eigenvalue weighted by Crippen LogP contribution is -2.45. The molecule has 5 nitrogen and oxygen atoms in total. The fourth-order valence-corrected chi connectivity index (χ4v) is 3.64. The Morgan fingerprint density at radius 2 is 1.69 bits per heavy atom. The summed E-state index contributed by atoms with van der Waals surface area (Å²) in [7, 11) is 0. The quantitative estimate of drug-likeness (QED) is 0.566. The van der Waals surface area contributed by atoms with Crippen LogP contribution in [0.3, 0.4) is 0 Å². The minimum atomic E-state index is -0.696. The molecule has 6 heteroatoms. The summed E-state index contributed by atoms with van der Waals surface area (Å²) in [5.74, 6) is -0.736. The van der Waals surface area contributed by atoms with Gasteiger partial charge in [-0.05, 0) is 11.5 Å². The van der Waals surface area contributed by atoms with Gasteiger partial charge in [-0.2, -0.15) is 0 Å². The van der Waals surface area contributed by atoms with Crippen molar-refractivity contribution in [3.8, 4) is 10.6 Å². The van der Waals surface area contributed by atoms with Crippen LogP contribution in [-0.2, 0) is 27.4 Å². The third-order valence-electron chi connectivity index (χ3n) is 4.38. The van der Waals surface area contributed by atoms with E-state index in [0.717, 1.165) is 16.1 Å². The molecular formula is C23H24N2O3S. The van der Waals surface area contributed by atoms with Crippen molar-refractivity contribution in [2.45, 2.75) is 32.9 Å². The molecule has 1 unspecified atom stereocenters. The molecule has 0 fully saturated rings. The Hall–Kier alpha value is -2.99. The van der Waals surface area contributed by atoms with Crippen LogP contribution in [0.1, 0.15) is 25.1 Å². The smallest absolute Gasteiger partial charge is 0.329 e. The van der Waals surface area contributed by atoms with Gasteiger partial charge in [-0.25, -0.2) is 9.78 Å². The first-order chi connectivity index (χ1) is 14.0. The molecule has 1 N–H and O–H groups in total. The van der Waals surface area contributed by atoms with E-state index in [-0.39, 0.29) is 24.9 Å². The van der Waals surface area contributed by atoms with E-state index in [0.29, 0.717) is 5.69 Å². The van der Waals surface area contributed by atoms with Gasteiger partial charge in [0.15, 0.2) is 0 Å². The van der Waals surface area contributed by atoms with Gasteiger partial charge in [-0.3, -0.25) is 4.79 Å². The van der Waals surface area contributed by atoms with Gasteiger partial charge in [-0.1, -0.05) is 74.5 Å². The fourth-order valence-electron chi connectivity index (χ4n) is 2.82. The van der Waals surface area contributed by atoms with Crippen molar-refractivity contribution in [1.82, 2.24) is 10.3 Å². The van der Waals surface area contributed by atoms with Crippen molar-refractivity contribution in [1.29, 1.82) is 0 Å². The molecule has 0 saturated carbocycles. The zero-order valence-electron chi connectivity index (χ0n) is 16.5. The summed E-state index contributed by atoms with van der Waals surface area (Å²) in [6, 6.07) is 18.6. The van der Waals surface area contributed by atoms with Crippen LogP contribution in [0.4, 0.5) is 0 Å². The highest BCUT2D eigenvalue weighted by molar-refractivity contribution is 7.13. The van der Waals surface area contributed by atoms with Crippen LogP contribution in [-0.4, -0.2) is 22.9 Å². The second-order valence-electron chi connectivity index (χ2n) is 7.07. The van der Waals surface area contributed by atoms with Gasteiger partial charge in [0.05, 0.1) is 12.1 Å². The van der Waals surface area contributed by atoms with E-state index in [9.17, 15) is 9.59 Å². The van der Waals surface area contributed by atoms with Gasteiger partial charge in [0.1, 0.15) is 17.7 Å². The Balaban J connectivity index is 1.56. The van der Waals surface area contributed by atoms with Gasteiger partial charge in [0.25, 0.3) is 0 Å². The van der Waals surface area contributed by atoms with E-state index in [4.69, 9.17) is 4.74 Å². The molecule has 0 aliphatic rings. The van der Waals surface area contributed by atoms with E-state index in [1.165, 1.54) is 11.3 Å². The number of hydrogen-bond acceptors (Lipinski definition) is 5. The number of esters is 1. The third-order valence-corrected chi connectivity index (χ3v) is 5.32. The summed E-state index contributed by atoms with van der Waals surface area (Å²) in [6.45, 7) is 3.84. The summed E-state index contributed by atoms with van der Waals surface area (Å²) in [4.78, 5) is 29.4. The maximum atomic E-state index is 12.6. The summed E-state index contributed by atoms with van der Waals surface area (Å²) < 4.78 is 5.44. The molecular weight excluding hydrogens is 384 g/mol. The molecule has 1 aromatic heterocycles. The first-order valence-corrected chi connectivity index (χ1v) is 10.4. The predicted molar refractivity (Wildman–Crippen MR) is 114 cm³/mol. The number of nitrogens with one attached hydrogen (secondary N) is 1. The Morgan fingerprint density at radius 1 is 1.03 bits per heavy atom. The van der Waals surface area contributed by atoms with Crippen LogP contribution in [0.25, 0.3) is 10.6 Å². The van der Waals surface area contributed by atoms with Crippen molar-refractivity contribution < 1.29 is 14.3 Å². The zero-order chi connectivity index (χ0) is 20.6. The molecule has 0 aliphatic carbocycles. The predicted octanol–water partition coefficient (Wildman–Crippen LogP) is 4.24. The largest absolute Gasteiger partial charge is 0.458 e. The lowest BCUT2D eigenvalue weighted by molar-refractivity contribution is -0.150. The second-order valence-corrected chi connectivity index (χ2v) is 7.93. The van der Waals surface area contributed by atoms with Gasteiger partial charge >= 0.3 is 5.97 Å². The maximum Gasteiger partial charge on any atom is 0.329 e. The number of rotatable bonds is 8. The standard InChI is InChI=1S/C23H24N2O3S/c1-16(2)21(25-20(26)13-17-9-5-3-6-10-17)23(27)28-14-19-15-29-22(24-19)18-11-7-4-8-12-18/h3-12,15-16,21H,13-14H2,1-2H3,(H,25,26). The highest BCUT2D eigenvalue weighted by atomic mass is 32.1. The van der Waals surface area contributed by atoms with Crippen LogP contribution < -0.4 is 5.32 Å². The number of hydrogen-bond donors (Lipinski definition) is 1. The summed E-state index contributed by atoms with van der Waals surface area (Å²) >= 11 is 1.51. The number of carbonyl (C=O) groups is 2. The molecule has 0 aliphatic heterocycles. The summed E-state index contributed by atoms with van der Waals surface area (Å²) in [5.41, 5.74) is 2.63. The van der Waals surface area contributed by atoms with Crippen LogP contribution in [0, 0.1) is 5.92 Å². The highest BCUT2D eigenvalue weighted by Crippen LogP contribution is 2.23. The molecule has 0 radical (unpaired) electrons. The fraction of sp³-hybridized carbons (Fsp3) is 0.261. The van der Waals surface area contributed by atoms with Crippen LogP contribution in [0.2, 0.25) is 0 Å². The van der Waals surface area contributed by atoms with Gasteiger partial charge in [-0.15, -0.1) is 11.3 Å². The average molecular weight is 409 g/mol. The number of thiazole rings is 1. The van der Waals surface area contributed by atoms with Crippen LogP contribution in [0.15, 0.2) is 66.0 Å². The van der Waals surface area contributed by atoms with Crippen molar-refractivity contribution in [2.24, 2.45) is 5.92 Å². The maximum absolute atomic E-state index is 12.6. The second kappa shape index (κ2) is 9.98. The summed E-state index contributed by atoms with van der Waals surface area (Å²) in [6.07, 6.45) is 0.226. The molecule has 1 atom stereocenters. The Kier molecular flexibility index (Phi) is 7.14. The number of carbonyl (C=O) groups excluding carboxylic acids is 2. The molecule has 29 heavy (non-hydrogen) atoms. The number of aromatic nitrogens is 1. The normalized spacial score (nSPS) is 11.8. The number of nitrogens with zero attached hydrogens (tertiary/aromatic N) is 1. The number of benzene rings is 2. The minimum absolute atomic E-state index is 0.0833. The Labute approximate surface area is 174 Å². The first-order valence-electron chi connectivity index (χ1n) is 9.52. The lowest BCUT2D eigenvalue weighted by atomic mass is 10.0. The lowest BCUT2D eigenvalue weighted by Gasteiger charge is -2.20. The number of amides is 1. The molecule has 1 heterocycles. The van der Waals surface area contributed by atoms with E-state index in [1.807, 2.05) is 79.9 Å². The first kappa shape index (κ1) is 20.7. The van der Waals surface area contributed by atoms with Crippen molar-refractivity contribution in [2.75, 3.05) is 0 Å². The van der Waals surface area contributed by atoms with E-state index in [1.54, 1.807) is 0 Å². The molecule has 1 amide bonds. The van der Waals surface area contributed by atoms with Gasteiger partial charge < -0.3 is 10.1 Å². The molecule has 3 rings (SSSR count). The zero-order valence-corrected chi connectivity index (χ0v) is 17.3. The van der Waals surface area contributed by atoms with Crippen molar-refractivity contribution in [3.05, 3.63) is 77.3 Å². The molecule has 0 spiro atoms. The highest BCUT2D eigenvalue weighted by Gasteiger charge is 2.26. The minimum Gasteiger partial charge on any atom is -0.458 e. The molecule has 3 aromatic rings. The molecule has 2 aromatic carbocycles.